The molecular formula is C10H12F2O5. The summed E-state index contributed by atoms with van der Waals surface area (Å²) in [6.45, 7) is 0.516. The second kappa shape index (κ2) is 3.90. The van der Waals surface area contributed by atoms with E-state index in [0.29, 0.717) is 0 Å². The third kappa shape index (κ3) is 1.69. The molecule has 5 nitrogen and oxygen atoms in total. The molecule has 17 heavy (non-hydrogen) atoms. The molecule has 1 spiro atoms. The SMILES string of the molecule is O=C1OC(C(=O)O)(C(F)F)CC12CCOCC2. The minimum absolute atomic E-state index is 0.230. The van der Waals surface area contributed by atoms with Gasteiger partial charge in [-0.15, -0.1) is 0 Å². The van der Waals surface area contributed by atoms with Crippen LogP contribution in [0, 0.1) is 5.41 Å². The minimum atomic E-state index is -3.23. The fourth-order valence-electron chi connectivity index (χ4n) is 2.36. The van der Waals surface area contributed by atoms with E-state index in [1.807, 2.05) is 0 Å². The molecule has 0 amide bonds. The van der Waals surface area contributed by atoms with Gasteiger partial charge in [0.25, 0.3) is 12.0 Å². The van der Waals surface area contributed by atoms with Gasteiger partial charge in [-0.05, 0) is 12.8 Å². The van der Waals surface area contributed by atoms with Gasteiger partial charge in [-0.2, -0.15) is 0 Å². The average molecular weight is 250 g/mol. The lowest BCUT2D eigenvalue weighted by Gasteiger charge is -2.29. The molecule has 0 radical (unpaired) electrons. The van der Waals surface area contributed by atoms with Crippen LogP contribution in [0.3, 0.4) is 0 Å². The largest absolute Gasteiger partial charge is 0.478 e. The molecule has 1 unspecified atom stereocenters. The average Bonchev–Trinajstić information content (AvgIpc) is 2.55. The van der Waals surface area contributed by atoms with Crippen molar-refractivity contribution in [3.05, 3.63) is 0 Å². The molecule has 0 aliphatic carbocycles. The summed E-state index contributed by atoms with van der Waals surface area (Å²) >= 11 is 0. The topological polar surface area (TPSA) is 72.8 Å². The zero-order valence-electron chi connectivity index (χ0n) is 8.95. The number of ether oxygens (including phenoxy) is 2. The Hall–Kier alpha value is -1.24. The molecule has 2 aliphatic heterocycles. The maximum Gasteiger partial charge on any atom is 0.354 e. The molecular weight excluding hydrogens is 238 g/mol. The summed E-state index contributed by atoms with van der Waals surface area (Å²) in [7, 11) is 0. The van der Waals surface area contributed by atoms with Crippen molar-refractivity contribution in [3.8, 4) is 0 Å². The van der Waals surface area contributed by atoms with Crippen molar-refractivity contribution in [3.63, 3.8) is 0 Å². The Kier molecular flexibility index (Phi) is 2.81. The van der Waals surface area contributed by atoms with Gasteiger partial charge >= 0.3 is 11.9 Å². The monoisotopic (exact) mass is 250 g/mol. The van der Waals surface area contributed by atoms with Gasteiger partial charge in [-0.1, -0.05) is 0 Å². The number of alkyl halides is 2. The highest BCUT2D eigenvalue weighted by atomic mass is 19.3. The van der Waals surface area contributed by atoms with E-state index >= 15 is 0 Å². The molecule has 0 aromatic heterocycles. The van der Waals surface area contributed by atoms with Crippen LogP contribution < -0.4 is 0 Å². The Labute approximate surface area is 95.7 Å². The Balaban J connectivity index is 2.31. The molecule has 2 rings (SSSR count). The number of hydrogen-bond donors (Lipinski definition) is 1. The standard InChI is InChI=1S/C10H12F2O5/c11-6(12)10(7(13)14)5-9(8(15)17-10)1-3-16-4-2-9/h6H,1-5H2,(H,13,14). The highest BCUT2D eigenvalue weighted by Gasteiger charge is 2.65. The first-order valence-electron chi connectivity index (χ1n) is 5.26. The van der Waals surface area contributed by atoms with Gasteiger partial charge in [0.1, 0.15) is 0 Å². The van der Waals surface area contributed by atoms with Gasteiger partial charge in [0.15, 0.2) is 0 Å². The van der Waals surface area contributed by atoms with Crippen LogP contribution in [0.2, 0.25) is 0 Å². The molecule has 2 fully saturated rings. The molecule has 2 saturated heterocycles. The van der Waals surface area contributed by atoms with E-state index in [1.54, 1.807) is 0 Å². The lowest BCUT2D eigenvalue weighted by atomic mass is 9.74. The fourth-order valence-corrected chi connectivity index (χ4v) is 2.36. The van der Waals surface area contributed by atoms with E-state index in [2.05, 4.69) is 4.74 Å². The van der Waals surface area contributed by atoms with E-state index in [4.69, 9.17) is 9.84 Å². The Morgan fingerprint density at radius 1 is 1.35 bits per heavy atom. The molecule has 0 bridgehead atoms. The van der Waals surface area contributed by atoms with Crippen LogP contribution in [0.1, 0.15) is 19.3 Å². The highest BCUT2D eigenvalue weighted by Crippen LogP contribution is 2.49. The van der Waals surface area contributed by atoms with Crippen LogP contribution in [0.15, 0.2) is 0 Å². The first-order valence-corrected chi connectivity index (χ1v) is 5.26. The number of cyclic esters (lactones) is 1. The number of aliphatic carboxylic acids is 1. The zero-order valence-corrected chi connectivity index (χ0v) is 8.95. The summed E-state index contributed by atoms with van der Waals surface area (Å²) in [4.78, 5) is 22.6. The highest BCUT2D eigenvalue weighted by molar-refractivity contribution is 5.89. The van der Waals surface area contributed by atoms with E-state index < -0.39 is 35.8 Å². The number of hydrogen-bond acceptors (Lipinski definition) is 4. The van der Waals surface area contributed by atoms with Crippen LogP contribution in [-0.2, 0) is 19.1 Å². The molecule has 2 heterocycles. The van der Waals surface area contributed by atoms with Crippen molar-refractivity contribution in [1.82, 2.24) is 0 Å². The van der Waals surface area contributed by atoms with Gasteiger partial charge in [-0.3, -0.25) is 4.79 Å². The Bertz CT molecular complexity index is 351. The number of rotatable bonds is 2. The molecule has 1 atom stereocenters. The molecule has 1 N–H and O–H groups in total. The van der Waals surface area contributed by atoms with E-state index in [0.717, 1.165) is 0 Å². The summed E-state index contributed by atoms with van der Waals surface area (Å²) < 4.78 is 35.3. The second-order valence-electron chi connectivity index (χ2n) is 4.45. The lowest BCUT2D eigenvalue weighted by Crippen LogP contribution is -2.46. The minimum Gasteiger partial charge on any atom is -0.478 e. The molecule has 7 heteroatoms. The predicted molar refractivity (Wildman–Crippen MR) is 49.6 cm³/mol. The number of esters is 1. The van der Waals surface area contributed by atoms with Crippen molar-refractivity contribution < 1.29 is 33.0 Å². The molecule has 0 aromatic carbocycles. The van der Waals surface area contributed by atoms with Crippen LogP contribution in [0.25, 0.3) is 0 Å². The summed E-state index contributed by atoms with van der Waals surface area (Å²) in [5.41, 5.74) is -3.80. The Morgan fingerprint density at radius 3 is 2.35 bits per heavy atom. The number of carboxylic acids is 1. The molecule has 0 aromatic rings. The first-order chi connectivity index (χ1) is 7.93. The van der Waals surface area contributed by atoms with Crippen molar-refractivity contribution in [2.75, 3.05) is 13.2 Å². The lowest BCUT2D eigenvalue weighted by molar-refractivity contribution is -0.186. The second-order valence-corrected chi connectivity index (χ2v) is 4.45. The van der Waals surface area contributed by atoms with Crippen molar-refractivity contribution in [2.24, 2.45) is 5.41 Å². The quantitative estimate of drug-likeness (QED) is 0.734. The third-order valence-corrected chi connectivity index (χ3v) is 3.47. The third-order valence-electron chi connectivity index (χ3n) is 3.47. The number of halogens is 2. The van der Waals surface area contributed by atoms with E-state index in [1.165, 1.54) is 0 Å². The number of carbonyl (C=O) groups is 2. The van der Waals surface area contributed by atoms with Crippen LogP contribution in [0.4, 0.5) is 8.78 Å². The van der Waals surface area contributed by atoms with Gasteiger partial charge in [0.05, 0.1) is 5.41 Å². The first kappa shape index (κ1) is 12.2. The van der Waals surface area contributed by atoms with Crippen molar-refractivity contribution in [1.29, 1.82) is 0 Å². The van der Waals surface area contributed by atoms with Crippen molar-refractivity contribution in [2.45, 2.75) is 31.3 Å². The molecule has 2 aliphatic rings. The predicted octanol–water partition coefficient (Wildman–Crippen LogP) is 0.819. The van der Waals surface area contributed by atoms with Crippen LogP contribution in [-0.4, -0.2) is 42.3 Å². The zero-order chi connectivity index (χ0) is 12.7. The number of carboxylic acid groups (broad SMARTS) is 1. The maximum absolute atomic E-state index is 12.9. The van der Waals surface area contributed by atoms with Gasteiger partial charge in [-0.25, -0.2) is 13.6 Å². The normalized spacial score (nSPS) is 31.8. The maximum atomic E-state index is 12.9. The van der Waals surface area contributed by atoms with Gasteiger partial charge < -0.3 is 14.6 Å². The van der Waals surface area contributed by atoms with E-state index in [9.17, 15) is 18.4 Å². The fraction of sp³-hybridized carbons (Fsp3) is 0.800. The summed E-state index contributed by atoms with van der Waals surface area (Å²) in [6.07, 6.45) is -3.25. The van der Waals surface area contributed by atoms with Crippen LogP contribution in [0.5, 0.6) is 0 Å². The van der Waals surface area contributed by atoms with Crippen molar-refractivity contribution >= 4 is 11.9 Å². The Morgan fingerprint density at radius 2 is 1.94 bits per heavy atom. The van der Waals surface area contributed by atoms with Gasteiger partial charge in [0.2, 0.25) is 0 Å². The van der Waals surface area contributed by atoms with Crippen LogP contribution >= 0.6 is 0 Å². The summed E-state index contributed by atoms with van der Waals surface area (Å²) in [6, 6.07) is 0. The number of carbonyl (C=O) groups excluding carboxylic acids is 1. The summed E-state index contributed by atoms with van der Waals surface area (Å²) in [5.74, 6) is -2.63. The van der Waals surface area contributed by atoms with E-state index in [-0.39, 0.29) is 26.1 Å². The summed E-state index contributed by atoms with van der Waals surface area (Å²) in [5, 5.41) is 8.88. The smallest absolute Gasteiger partial charge is 0.354 e. The molecule has 96 valence electrons. The molecule has 0 saturated carbocycles. The van der Waals surface area contributed by atoms with Gasteiger partial charge in [0, 0.05) is 19.6 Å².